The number of nitrogens with one attached hydrogen (secondary N) is 5. The molecule has 4 aromatic rings. The van der Waals surface area contributed by atoms with E-state index in [-0.39, 0.29) is 60.4 Å². The number of urea groups is 1. The van der Waals surface area contributed by atoms with Crippen molar-refractivity contribution >= 4 is 64.0 Å². The maximum atomic E-state index is 13.4. The normalized spacial score (nSPS) is 16.4. The summed E-state index contributed by atoms with van der Waals surface area (Å²) in [6, 6.07) is 17.8. The minimum Gasteiger partial charge on any atom is -0.383 e. The highest BCUT2D eigenvalue weighted by atomic mass is 35.5. The Hall–Kier alpha value is -6.43. The van der Waals surface area contributed by atoms with Gasteiger partial charge in [-0.2, -0.15) is 0 Å². The van der Waals surface area contributed by atoms with Crippen LogP contribution in [0, 0.1) is 23.7 Å². The number of ether oxygens (including phenoxy) is 1. The third-order valence-corrected chi connectivity index (χ3v) is 9.37. The van der Waals surface area contributed by atoms with Crippen molar-refractivity contribution in [2.24, 2.45) is 11.8 Å². The van der Waals surface area contributed by atoms with E-state index in [2.05, 4.69) is 48.4 Å². The molecule has 2 aromatic heterocycles. The first-order chi connectivity index (χ1) is 27.1. The first-order valence-electron chi connectivity index (χ1n) is 18.0. The number of ketones is 2. The van der Waals surface area contributed by atoms with Gasteiger partial charge in [-0.05, 0) is 85.8 Å². The summed E-state index contributed by atoms with van der Waals surface area (Å²) < 4.78 is 5.67. The number of amides is 5. The lowest BCUT2D eigenvalue weighted by Crippen LogP contribution is -2.41. The fourth-order valence-corrected chi connectivity index (χ4v) is 6.53. The Kier molecular flexibility index (Phi) is 13.1. The summed E-state index contributed by atoms with van der Waals surface area (Å²) in [5.41, 5.74) is 3.79. The minimum absolute atomic E-state index is 0.125. The molecule has 1 aliphatic heterocycles. The number of benzene rings is 2. The van der Waals surface area contributed by atoms with E-state index in [4.69, 9.17) is 16.3 Å². The number of aromatic nitrogens is 2. The van der Waals surface area contributed by atoms with Crippen LogP contribution in [0.2, 0.25) is 5.15 Å². The number of carbonyl (C=O) groups is 6. The third-order valence-electron chi connectivity index (χ3n) is 9.17. The van der Waals surface area contributed by atoms with Crippen molar-refractivity contribution in [2.45, 2.75) is 32.1 Å². The molecule has 0 saturated carbocycles. The van der Waals surface area contributed by atoms with Gasteiger partial charge < -0.3 is 26.0 Å². The van der Waals surface area contributed by atoms with Gasteiger partial charge in [-0.15, -0.1) is 0 Å². The van der Waals surface area contributed by atoms with Gasteiger partial charge >= 0.3 is 6.03 Å². The molecule has 1 fully saturated rings. The second-order valence-electron chi connectivity index (χ2n) is 13.2. The van der Waals surface area contributed by atoms with E-state index < -0.39 is 17.9 Å². The number of nitrogens with zero attached hydrogens (tertiary/aromatic N) is 2. The average molecular weight is 776 g/mol. The molecule has 0 radical (unpaired) electrons. The summed E-state index contributed by atoms with van der Waals surface area (Å²) in [6.07, 6.45) is 4.53. The number of fused-ring (bicyclic) bond motifs is 1. The van der Waals surface area contributed by atoms with Crippen molar-refractivity contribution in [2.75, 3.05) is 42.3 Å². The fraction of sp³-hybridized carbons (Fsp3) is 0.268. The average Bonchev–Trinajstić information content (AvgIpc) is 3.29. The van der Waals surface area contributed by atoms with Gasteiger partial charge in [-0.25, -0.2) is 14.8 Å². The highest BCUT2D eigenvalue weighted by molar-refractivity contribution is 6.29. The Morgan fingerprint density at radius 3 is 2.38 bits per heavy atom. The molecular formula is C41H38ClN7O7. The van der Waals surface area contributed by atoms with Crippen LogP contribution in [0.5, 0.6) is 0 Å². The molecule has 1 aliphatic carbocycles. The van der Waals surface area contributed by atoms with E-state index in [1.165, 1.54) is 18.5 Å². The summed E-state index contributed by atoms with van der Waals surface area (Å²) in [5, 5.41) is 14.0. The second-order valence-corrected chi connectivity index (χ2v) is 13.6. The first-order valence-corrected chi connectivity index (χ1v) is 18.4. The van der Waals surface area contributed by atoms with Gasteiger partial charge in [0.15, 0.2) is 11.6 Å². The molecule has 2 unspecified atom stereocenters. The summed E-state index contributed by atoms with van der Waals surface area (Å²) >= 11 is 5.87. The van der Waals surface area contributed by atoms with Crippen LogP contribution in [-0.4, -0.2) is 71.6 Å². The van der Waals surface area contributed by atoms with Crippen LogP contribution in [0.25, 0.3) is 0 Å². The lowest BCUT2D eigenvalue weighted by Gasteiger charge is -2.24. The van der Waals surface area contributed by atoms with Crippen molar-refractivity contribution in [1.29, 1.82) is 0 Å². The molecule has 14 nitrogen and oxygen atoms in total. The molecule has 0 spiro atoms. The molecule has 5 amide bonds. The van der Waals surface area contributed by atoms with Crippen LogP contribution < -0.4 is 26.6 Å². The smallest absolute Gasteiger partial charge is 0.323 e. The summed E-state index contributed by atoms with van der Waals surface area (Å²) in [4.78, 5) is 83.4. The van der Waals surface area contributed by atoms with Gasteiger partial charge in [-0.3, -0.25) is 29.3 Å². The summed E-state index contributed by atoms with van der Waals surface area (Å²) in [7, 11) is 0. The lowest BCUT2D eigenvalue weighted by molar-refractivity contribution is -0.136. The molecule has 1 saturated heterocycles. The van der Waals surface area contributed by atoms with Crippen LogP contribution in [0.15, 0.2) is 79.1 Å². The molecular weight excluding hydrogens is 738 g/mol. The van der Waals surface area contributed by atoms with Crippen molar-refractivity contribution in [3.63, 3.8) is 0 Å². The van der Waals surface area contributed by atoms with E-state index in [1.807, 2.05) is 0 Å². The van der Waals surface area contributed by atoms with Gasteiger partial charge in [0.1, 0.15) is 10.8 Å². The van der Waals surface area contributed by atoms with Crippen molar-refractivity contribution in [3.8, 4) is 11.8 Å². The molecule has 2 atom stereocenters. The molecule has 3 heterocycles. The van der Waals surface area contributed by atoms with Crippen molar-refractivity contribution in [3.05, 3.63) is 112 Å². The van der Waals surface area contributed by atoms with Crippen molar-refractivity contribution < 1.29 is 33.5 Å². The first kappa shape index (κ1) is 39.3. The monoisotopic (exact) mass is 775 g/mol. The zero-order chi connectivity index (χ0) is 39.4. The Morgan fingerprint density at radius 2 is 1.57 bits per heavy atom. The third kappa shape index (κ3) is 10.8. The number of rotatable bonds is 12. The second kappa shape index (κ2) is 18.7. The van der Waals surface area contributed by atoms with Crippen molar-refractivity contribution in [1.82, 2.24) is 20.6 Å². The number of Topliss-reactive ketones (excluding diaryl/α,β-unsaturated/α-hetero) is 2. The molecule has 0 bridgehead atoms. The Balaban J connectivity index is 0.917. The highest BCUT2D eigenvalue weighted by Gasteiger charge is 2.35. The zero-order valence-corrected chi connectivity index (χ0v) is 30.9. The molecule has 5 N–H and O–H groups in total. The SMILES string of the molecule is O=C1CCC(CC2CCC(=O)c3cc(NCCOCCNC(=O)c4cccc(C#Cc5cc(NC(=O)Nc6ccnc(Cl)c6)ccn5)c4)ccc3C2=O)C(=O)N1. The topological polar surface area (TPSA) is 198 Å². The number of imide groups is 1. The Labute approximate surface area is 327 Å². The molecule has 2 aromatic carbocycles. The van der Waals surface area contributed by atoms with Crippen LogP contribution in [0.1, 0.15) is 74.4 Å². The van der Waals surface area contributed by atoms with Gasteiger partial charge in [0, 0.05) is 89.5 Å². The maximum Gasteiger partial charge on any atom is 0.323 e. The number of hydrogen-bond donors (Lipinski definition) is 5. The van der Waals surface area contributed by atoms with Crippen LogP contribution in [0.3, 0.4) is 0 Å². The number of carbonyl (C=O) groups excluding carboxylic acids is 6. The summed E-state index contributed by atoms with van der Waals surface area (Å²) in [6.45, 7) is 1.29. The van der Waals surface area contributed by atoms with Gasteiger partial charge in [0.25, 0.3) is 5.91 Å². The van der Waals surface area contributed by atoms with E-state index >= 15 is 0 Å². The fourth-order valence-electron chi connectivity index (χ4n) is 6.36. The predicted octanol–water partition coefficient (Wildman–Crippen LogP) is 5.25. The van der Waals surface area contributed by atoms with Crippen LogP contribution in [0.4, 0.5) is 21.9 Å². The number of anilines is 3. The molecule has 15 heteroatoms. The van der Waals surface area contributed by atoms with E-state index in [0.29, 0.717) is 77.4 Å². The lowest BCUT2D eigenvalue weighted by atomic mass is 9.83. The van der Waals surface area contributed by atoms with E-state index in [1.54, 1.807) is 60.7 Å². The Morgan fingerprint density at radius 1 is 0.804 bits per heavy atom. The van der Waals surface area contributed by atoms with E-state index in [9.17, 15) is 28.8 Å². The molecule has 2 aliphatic rings. The molecule has 56 heavy (non-hydrogen) atoms. The number of halogens is 1. The van der Waals surface area contributed by atoms with Gasteiger partial charge in [0.05, 0.1) is 13.2 Å². The number of hydrogen-bond acceptors (Lipinski definition) is 10. The van der Waals surface area contributed by atoms with Crippen LogP contribution >= 0.6 is 11.6 Å². The quantitative estimate of drug-likeness (QED) is 0.0417. The van der Waals surface area contributed by atoms with Crippen LogP contribution in [-0.2, 0) is 14.3 Å². The largest absolute Gasteiger partial charge is 0.383 e. The Bertz CT molecular complexity index is 2230. The number of pyridine rings is 2. The molecule has 286 valence electrons. The van der Waals surface area contributed by atoms with Gasteiger partial charge in [0.2, 0.25) is 11.8 Å². The van der Waals surface area contributed by atoms with Gasteiger partial charge in [-0.1, -0.05) is 23.6 Å². The zero-order valence-electron chi connectivity index (χ0n) is 30.2. The summed E-state index contributed by atoms with van der Waals surface area (Å²) in [5.74, 6) is 3.84. The predicted molar refractivity (Wildman–Crippen MR) is 209 cm³/mol. The highest BCUT2D eigenvalue weighted by Crippen LogP contribution is 2.32. The number of piperidine rings is 1. The van der Waals surface area contributed by atoms with E-state index in [0.717, 1.165) is 0 Å². The minimum atomic E-state index is -0.473. The molecule has 6 rings (SSSR count). The standard InChI is InChI=1S/C41H38ClN7O7/c42-36-24-32(13-15-45-36)48-41(55)47-31-12-14-43-29(22-31)7-4-25-2-1-3-27(20-25)39(53)46-17-19-56-18-16-44-30-8-9-33-34(23-30)35(50)10-5-26(38(33)52)21-28-6-11-37(51)49-40(28)54/h1-3,8-9,12-15,20,22-24,26,28,44H,5-6,10-11,16-19,21H2,(H,46,53)(H,49,51,54)(H2,43,45,47,48,55). The maximum absolute atomic E-state index is 13.4.